The van der Waals surface area contributed by atoms with Crippen LogP contribution in [-0.2, 0) is 30.1 Å². The van der Waals surface area contributed by atoms with Gasteiger partial charge in [0.05, 0.1) is 14.7 Å². The van der Waals surface area contributed by atoms with E-state index in [1.54, 1.807) is 44.2 Å². The van der Waals surface area contributed by atoms with Gasteiger partial charge in [0.25, 0.3) is 0 Å². The van der Waals surface area contributed by atoms with Gasteiger partial charge in [-0.2, -0.15) is 4.31 Å². The first-order valence-corrected chi connectivity index (χ1v) is 37.1. The number of aryl methyl sites for hydroxylation is 9. The van der Waals surface area contributed by atoms with Crippen LogP contribution in [0.1, 0.15) is 64.7 Å². The molecule has 21 nitrogen and oxygen atoms in total. The molecule has 0 fully saturated rings. The normalized spacial score (nSPS) is 11.9. The standard InChI is InChI=1S/C25H27N5O2S2.C23H23N5O2S2.C21H19N5O2S2/c1-6-30(7-2)34(31,32)22-15-19(13-12-16(22)3)23-20-10-8-9-11-21(20)24(29-28-23)33-25-26-17(4)14-18(5)27-25;1-14-10-11-17(13-20(14)32(29,30)28(4)5)21-18-8-6-7-9-19(18)22(27-26-21)31-23-24-15(2)12-16(3)25-23;1-12-8-9-15(11-18(12)30(22,27)28)19-16-6-4-5-7-17(16)20(26-25-19)29-21-23-13(2)10-14(3)24-21/h8-15H,6-7H2,1-5H3;6-13H,1-5H3;4-11H,1-3H3,(H2,22,27,28). The summed E-state index contributed by atoms with van der Waals surface area (Å²) in [6.45, 7) is 21.4. The van der Waals surface area contributed by atoms with Gasteiger partial charge in [0.1, 0.15) is 32.2 Å². The van der Waals surface area contributed by atoms with Crippen molar-refractivity contribution in [3.8, 4) is 33.8 Å². The molecule has 0 bridgehead atoms. The minimum absolute atomic E-state index is 0.0768. The van der Waals surface area contributed by atoms with Crippen molar-refractivity contribution >= 4 is 97.7 Å². The summed E-state index contributed by atoms with van der Waals surface area (Å²) in [4.78, 5) is 27.6. The monoisotopic (exact) mass is 1400 g/mol. The number of rotatable bonds is 16. The first-order valence-electron chi connectivity index (χ1n) is 30.2. The van der Waals surface area contributed by atoms with E-state index < -0.39 is 30.1 Å². The van der Waals surface area contributed by atoms with Crippen molar-refractivity contribution in [1.29, 1.82) is 0 Å². The van der Waals surface area contributed by atoms with Crippen molar-refractivity contribution in [2.24, 2.45) is 5.14 Å². The number of fused-ring (bicyclic) bond motifs is 3. The molecule has 96 heavy (non-hydrogen) atoms. The van der Waals surface area contributed by atoms with Crippen LogP contribution < -0.4 is 5.14 Å². The van der Waals surface area contributed by atoms with Gasteiger partial charge >= 0.3 is 0 Å². The fourth-order valence-corrected chi connectivity index (χ4v) is 17.0. The molecular weight excluding hydrogens is 1330 g/mol. The van der Waals surface area contributed by atoms with E-state index in [1.165, 1.54) is 58.0 Å². The Morgan fingerprint density at radius 3 is 0.906 bits per heavy atom. The maximum Gasteiger partial charge on any atom is 0.243 e. The summed E-state index contributed by atoms with van der Waals surface area (Å²) >= 11 is 4.08. The Kier molecular flexibility index (Phi) is 21.5. The van der Waals surface area contributed by atoms with Crippen LogP contribution in [0.2, 0.25) is 0 Å². The van der Waals surface area contributed by atoms with Gasteiger partial charge in [-0.3, -0.25) is 0 Å². The van der Waals surface area contributed by atoms with Crippen molar-refractivity contribution in [3.63, 3.8) is 0 Å². The first kappa shape index (κ1) is 70.2. The number of hydrogen-bond donors (Lipinski definition) is 1. The minimum Gasteiger partial charge on any atom is -0.228 e. The summed E-state index contributed by atoms with van der Waals surface area (Å²) in [5.74, 6) is 0. The van der Waals surface area contributed by atoms with Crippen LogP contribution in [0.4, 0.5) is 0 Å². The maximum absolute atomic E-state index is 13.2. The molecule has 2 N–H and O–H groups in total. The number of benzene rings is 6. The highest BCUT2D eigenvalue weighted by Gasteiger charge is 2.27. The molecule has 0 saturated heterocycles. The number of nitrogens with two attached hydrogens (primary N) is 1. The molecule has 0 unspecified atom stereocenters. The zero-order chi connectivity index (χ0) is 69.0. The van der Waals surface area contributed by atoms with E-state index in [1.807, 2.05) is 178 Å². The van der Waals surface area contributed by atoms with Gasteiger partial charge in [-0.05, 0) is 151 Å². The molecule has 492 valence electrons. The van der Waals surface area contributed by atoms with E-state index in [-0.39, 0.29) is 9.79 Å². The predicted octanol–water partition coefficient (Wildman–Crippen LogP) is 13.4. The average molecular weight is 1400 g/mol. The van der Waals surface area contributed by atoms with Gasteiger partial charge < -0.3 is 0 Å². The SMILES string of the molecule is CCN(CC)S(=O)(=O)c1cc(-c2nnc(Sc3nc(C)cc(C)n3)c3ccccc23)ccc1C.Cc1cc(C)nc(Sc2nnc(-c3ccc(C)c(S(=O)(=O)N(C)C)c3)c3ccccc23)n1.Cc1cc(C)nc(Sc2nnc(-c3ccc(C)c(S(N)(=O)=O)c3)c3ccccc23)n1. The molecule has 0 aliphatic heterocycles. The minimum atomic E-state index is -3.84. The average Bonchev–Trinajstić information content (AvgIpc) is 0.784. The largest absolute Gasteiger partial charge is 0.243 e. The highest BCUT2D eigenvalue weighted by atomic mass is 32.2. The van der Waals surface area contributed by atoms with Crippen molar-refractivity contribution in [3.05, 3.63) is 196 Å². The van der Waals surface area contributed by atoms with E-state index in [4.69, 9.17) is 5.14 Å². The topological polar surface area (TPSA) is 290 Å². The molecule has 12 rings (SSSR count). The number of nitrogens with zero attached hydrogens (tertiary/aromatic N) is 14. The lowest BCUT2D eigenvalue weighted by molar-refractivity contribution is 0.445. The van der Waals surface area contributed by atoms with Gasteiger partial charge in [-0.25, -0.2) is 64.6 Å². The van der Waals surface area contributed by atoms with Crippen molar-refractivity contribution in [2.45, 2.75) is 121 Å². The van der Waals surface area contributed by atoms with Crippen LogP contribution >= 0.6 is 35.3 Å². The molecule has 6 aromatic carbocycles. The smallest absolute Gasteiger partial charge is 0.228 e. The molecule has 0 aliphatic rings. The third-order valence-corrected chi connectivity index (χ3v) is 23.0. The second-order valence-corrected chi connectivity index (χ2v) is 31.1. The second kappa shape index (κ2) is 29.4. The fourth-order valence-electron chi connectivity index (χ4n) is 10.6. The van der Waals surface area contributed by atoms with Crippen LogP contribution in [0.25, 0.3) is 66.1 Å². The predicted molar refractivity (Wildman–Crippen MR) is 378 cm³/mol. The van der Waals surface area contributed by atoms with E-state index in [9.17, 15) is 25.3 Å². The molecule has 0 aliphatic carbocycles. The molecule has 6 heterocycles. The molecule has 27 heteroatoms. The Balaban J connectivity index is 0.000000157. The Bertz CT molecular complexity index is 5270. The van der Waals surface area contributed by atoms with Crippen LogP contribution in [0.3, 0.4) is 0 Å². The highest BCUT2D eigenvalue weighted by Crippen LogP contribution is 2.39. The van der Waals surface area contributed by atoms with Gasteiger partial charge in [-0.15, -0.1) is 30.6 Å². The number of aromatic nitrogens is 12. The highest BCUT2D eigenvalue weighted by molar-refractivity contribution is 7.99. The van der Waals surface area contributed by atoms with Crippen molar-refractivity contribution < 1.29 is 25.3 Å². The maximum atomic E-state index is 13.2. The third-order valence-electron chi connectivity index (χ3n) is 15.2. The van der Waals surface area contributed by atoms with Gasteiger partial charge in [0, 0.05) is 110 Å². The molecule has 12 aromatic rings. The Labute approximate surface area is 571 Å². The van der Waals surface area contributed by atoms with Crippen molar-refractivity contribution in [1.82, 2.24) is 69.1 Å². The zero-order valence-corrected chi connectivity index (χ0v) is 59.9. The molecule has 0 saturated carbocycles. The second-order valence-electron chi connectivity index (χ2n) is 22.7. The first-order chi connectivity index (χ1) is 45.6. The van der Waals surface area contributed by atoms with Gasteiger partial charge in [0.15, 0.2) is 15.5 Å². The lowest BCUT2D eigenvalue weighted by Crippen LogP contribution is -2.31. The fraction of sp³-hybridized carbons (Fsp3) is 0.217. The molecule has 0 radical (unpaired) electrons. The van der Waals surface area contributed by atoms with Crippen molar-refractivity contribution in [2.75, 3.05) is 27.2 Å². The summed E-state index contributed by atoms with van der Waals surface area (Å²) in [6, 6.07) is 45.0. The number of primary sulfonamides is 1. The molecule has 0 amide bonds. The Morgan fingerprint density at radius 2 is 0.625 bits per heavy atom. The molecular formula is C69H69N15O6S6. The van der Waals surface area contributed by atoms with Crippen LogP contribution in [-0.4, -0.2) is 122 Å². The number of hydrogen-bond acceptors (Lipinski definition) is 21. The van der Waals surface area contributed by atoms with E-state index in [2.05, 4.69) is 60.5 Å². The summed E-state index contributed by atoms with van der Waals surface area (Å²) in [7, 11) is -7.98. The van der Waals surface area contributed by atoms with Crippen LogP contribution in [0.5, 0.6) is 0 Å². The lowest BCUT2D eigenvalue weighted by atomic mass is 10.0. The van der Waals surface area contributed by atoms with E-state index in [0.717, 1.165) is 66.5 Å². The Hall–Kier alpha value is -8.64. The third kappa shape index (κ3) is 15.8. The molecule has 0 atom stereocenters. The Morgan fingerprint density at radius 1 is 0.354 bits per heavy atom. The summed E-state index contributed by atoms with van der Waals surface area (Å²) in [5.41, 5.74) is 11.2. The summed E-state index contributed by atoms with van der Waals surface area (Å²) < 4.78 is 78.6. The van der Waals surface area contributed by atoms with Gasteiger partial charge in [-0.1, -0.05) is 123 Å². The number of sulfonamides is 3. The summed E-state index contributed by atoms with van der Waals surface area (Å²) in [6.07, 6.45) is 0. The van der Waals surface area contributed by atoms with E-state index >= 15 is 0 Å². The molecule has 6 aromatic heterocycles. The van der Waals surface area contributed by atoms with E-state index in [0.29, 0.717) is 99.0 Å². The van der Waals surface area contributed by atoms with Crippen LogP contribution in [0, 0.1) is 62.3 Å². The molecule has 0 spiro atoms. The summed E-state index contributed by atoms with van der Waals surface area (Å²) in [5, 5.41) is 41.4. The zero-order valence-electron chi connectivity index (χ0n) is 55.0. The van der Waals surface area contributed by atoms with Crippen LogP contribution in [0.15, 0.2) is 191 Å². The quantitative estimate of drug-likeness (QED) is 0.0879. The lowest BCUT2D eigenvalue weighted by Gasteiger charge is -2.20. The van der Waals surface area contributed by atoms with Gasteiger partial charge in [0.2, 0.25) is 30.1 Å².